The smallest absolute Gasteiger partial charge is 0.140 e. The summed E-state index contributed by atoms with van der Waals surface area (Å²) in [6.07, 6.45) is 0. The first kappa shape index (κ1) is 10.8. The summed E-state index contributed by atoms with van der Waals surface area (Å²) in [7, 11) is 1.83. The number of benzene rings is 2. The van der Waals surface area contributed by atoms with Gasteiger partial charge in [0.05, 0.1) is 11.0 Å². The van der Waals surface area contributed by atoms with Crippen molar-refractivity contribution < 1.29 is 9.50 Å². The van der Waals surface area contributed by atoms with Gasteiger partial charge in [-0.3, -0.25) is 0 Å². The molecule has 1 heterocycles. The summed E-state index contributed by atoms with van der Waals surface area (Å²) in [6, 6.07) is 11.3. The van der Waals surface area contributed by atoms with Crippen molar-refractivity contribution in [1.82, 2.24) is 9.55 Å². The van der Waals surface area contributed by atoms with Gasteiger partial charge in [0, 0.05) is 12.6 Å². The summed E-state index contributed by atoms with van der Waals surface area (Å²) in [5, 5.41) is 9.49. The van der Waals surface area contributed by atoms with E-state index in [0.717, 1.165) is 16.6 Å². The monoisotopic (exact) mass is 242 g/mol. The maximum atomic E-state index is 13.2. The van der Waals surface area contributed by atoms with Crippen LogP contribution in [0.1, 0.15) is 0 Å². The zero-order chi connectivity index (χ0) is 12.7. The van der Waals surface area contributed by atoms with Gasteiger partial charge in [-0.15, -0.1) is 0 Å². The molecule has 3 nitrogen and oxygen atoms in total. The van der Waals surface area contributed by atoms with Crippen molar-refractivity contribution in [2.45, 2.75) is 0 Å². The van der Waals surface area contributed by atoms with Crippen LogP contribution in [-0.2, 0) is 7.05 Å². The number of hydrogen-bond acceptors (Lipinski definition) is 2. The van der Waals surface area contributed by atoms with Gasteiger partial charge in [0.15, 0.2) is 0 Å². The first-order valence-corrected chi connectivity index (χ1v) is 5.56. The number of halogens is 1. The van der Waals surface area contributed by atoms with Crippen LogP contribution >= 0.6 is 0 Å². The van der Waals surface area contributed by atoms with Crippen LogP contribution in [0.15, 0.2) is 42.5 Å². The van der Waals surface area contributed by atoms with E-state index in [1.54, 1.807) is 24.3 Å². The molecule has 0 aliphatic heterocycles. The summed E-state index contributed by atoms with van der Waals surface area (Å²) in [5.74, 6) is 0.602. The Labute approximate surface area is 103 Å². The normalized spacial score (nSPS) is 11.0. The average molecular weight is 242 g/mol. The zero-order valence-electron chi connectivity index (χ0n) is 9.76. The highest BCUT2D eigenvalue weighted by molar-refractivity contribution is 5.80. The number of phenolic OH excluding ortho intramolecular Hbond substituents is 1. The number of nitrogens with zero attached hydrogens (tertiary/aromatic N) is 2. The van der Waals surface area contributed by atoms with Gasteiger partial charge in [0.1, 0.15) is 17.4 Å². The average Bonchev–Trinajstić information content (AvgIpc) is 2.67. The lowest BCUT2D eigenvalue weighted by molar-refractivity contribution is 0.475. The standard InChI is InChI=1S/C14H11FN2O/c1-17-13-8-10(15)5-6-12(13)16-14(17)9-3-2-4-11(18)7-9/h2-8,18H,1H3. The molecule has 1 aromatic heterocycles. The molecule has 0 saturated carbocycles. The van der Waals surface area contributed by atoms with Crippen molar-refractivity contribution in [3.8, 4) is 17.1 Å². The molecule has 90 valence electrons. The summed E-state index contributed by atoms with van der Waals surface area (Å²) >= 11 is 0. The maximum absolute atomic E-state index is 13.2. The van der Waals surface area contributed by atoms with Crippen molar-refractivity contribution in [2.75, 3.05) is 0 Å². The Balaban J connectivity index is 2.27. The Kier molecular flexibility index (Phi) is 2.30. The second-order valence-electron chi connectivity index (χ2n) is 4.18. The van der Waals surface area contributed by atoms with Crippen LogP contribution in [0.5, 0.6) is 5.75 Å². The van der Waals surface area contributed by atoms with Gasteiger partial charge in [0.2, 0.25) is 0 Å². The zero-order valence-corrected chi connectivity index (χ0v) is 9.76. The van der Waals surface area contributed by atoms with Crippen LogP contribution in [0.3, 0.4) is 0 Å². The molecule has 0 unspecified atom stereocenters. The predicted octanol–water partition coefficient (Wildman–Crippen LogP) is 3.09. The second-order valence-corrected chi connectivity index (χ2v) is 4.18. The van der Waals surface area contributed by atoms with E-state index in [1.807, 2.05) is 17.7 Å². The number of hydrogen-bond donors (Lipinski definition) is 1. The van der Waals surface area contributed by atoms with E-state index in [-0.39, 0.29) is 11.6 Å². The third kappa shape index (κ3) is 1.62. The third-order valence-corrected chi connectivity index (χ3v) is 2.95. The number of aromatic hydroxyl groups is 1. The second kappa shape index (κ2) is 3.84. The Morgan fingerprint density at radius 1 is 1.17 bits per heavy atom. The molecule has 0 saturated heterocycles. The Morgan fingerprint density at radius 2 is 2.00 bits per heavy atom. The maximum Gasteiger partial charge on any atom is 0.140 e. The molecule has 0 amide bonds. The van der Waals surface area contributed by atoms with Crippen LogP contribution in [0.4, 0.5) is 4.39 Å². The fourth-order valence-electron chi connectivity index (χ4n) is 2.07. The first-order valence-electron chi connectivity index (χ1n) is 5.56. The summed E-state index contributed by atoms with van der Waals surface area (Å²) in [6.45, 7) is 0. The number of imidazole rings is 1. The van der Waals surface area contributed by atoms with Crippen molar-refractivity contribution >= 4 is 11.0 Å². The summed E-state index contributed by atoms with van der Waals surface area (Å²) < 4.78 is 15.0. The van der Waals surface area contributed by atoms with Gasteiger partial charge < -0.3 is 9.67 Å². The van der Waals surface area contributed by atoms with E-state index in [1.165, 1.54) is 12.1 Å². The molecule has 3 rings (SSSR count). The molecule has 4 heteroatoms. The molecule has 0 fully saturated rings. The van der Waals surface area contributed by atoms with Crippen LogP contribution in [-0.4, -0.2) is 14.7 Å². The molecule has 0 spiro atoms. The fraction of sp³-hybridized carbons (Fsp3) is 0.0714. The molecule has 1 N–H and O–H groups in total. The molecule has 2 aromatic carbocycles. The van der Waals surface area contributed by atoms with Crippen molar-refractivity contribution in [1.29, 1.82) is 0 Å². The minimum Gasteiger partial charge on any atom is -0.508 e. The highest BCUT2D eigenvalue weighted by Gasteiger charge is 2.10. The highest BCUT2D eigenvalue weighted by atomic mass is 19.1. The Bertz CT molecular complexity index is 734. The fourth-order valence-corrected chi connectivity index (χ4v) is 2.07. The largest absolute Gasteiger partial charge is 0.508 e. The third-order valence-electron chi connectivity index (χ3n) is 2.95. The van der Waals surface area contributed by atoms with Gasteiger partial charge in [-0.25, -0.2) is 9.37 Å². The SMILES string of the molecule is Cn1c(-c2cccc(O)c2)nc2ccc(F)cc21. The first-order chi connectivity index (χ1) is 8.65. The highest BCUT2D eigenvalue weighted by Crippen LogP contribution is 2.26. The van der Waals surface area contributed by atoms with Crippen molar-refractivity contribution in [3.05, 3.63) is 48.3 Å². The Hall–Kier alpha value is -2.36. The van der Waals surface area contributed by atoms with Crippen molar-refractivity contribution in [2.24, 2.45) is 7.05 Å². The lowest BCUT2D eigenvalue weighted by Gasteiger charge is -2.02. The minimum absolute atomic E-state index is 0.186. The van der Waals surface area contributed by atoms with E-state index >= 15 is 0 Å². The lowest BCUT2D eigenvalue weighted by atomic mass is 10.2. The van der Waals surface area contributed by atoms with Crippen molar-refractivity contribution in [3.63, 3.8) is 0 Å². The van der Waals surface area contributed by atoms with E-state index < -0.39 is 0 Å². The topological polar surface area (TPSA) is 38.0 Å². The molecule has 0 aliphatic rings. The van der Waals surface area contributed by atoms with Crippen LogP contribution < -0.4 is 0 Å². The van der Waals surface area contributed by atoms with Crippen LogP contribution in [0.2, 0.25) is 0 Å². The molecule has 18 heavy (non-hydrogen) atoms. The summed E-state index contributed by atoms with van der Waals surface area (Å²) in [5.41, 5.74) is 2.26. The molecule has 3 aromatic rings. The number of fused-ring (bicyclic) bond motifs is 1. The van der Waals surface area contributed by atoms with Gasteiger partial charge in [-0.2, -0.15) is 0 Å². The van der Waals surface area contributed by atoms with Gasteiger partial charge in [-0.1, -0.05) is 12.1 Å². The molecule has 0 bridgehead atoms. The molecule has 0 radical (unpaired) electrons. The van der Waals surface area contributed by atoms with E-state index in [4.69, 9.17) is 0 Å². The Morgan fingerprint density at radius 3 is 2.78 bits per heavy atom. The number of aromatic nitrogens is 2. The van der Waals surface area contributed by atoms with E-state index in [9.17, 15) is 9.50 Å². The van der Waals surface area contributed by atoms with Gasteiger partial charge in [0.25, 0.3) is 0 Å². The van der Waals surface area contributed by atoms with E-state index in [2.05, 4.69) is 4.98 Å². The van der Waals surface area contributed by atoms with Crippen LogP contribution in [0.25, 0.3) is 22.4 Å². The molecular formula is C14H11FN2O. The lowest BCUT2D eigenvalue weighted by Crippen LogP contribution is -1.92. The van der Waals surface area contributed by atoms with Gasteiger partial charge in [-0.05, 0) is 30.3 Å². The number of rotatable bonds is 1. The van der Waals surface area contributed by atoms with Gasteiger partial charge >= 0.3 is 0 Å². The molecular weight excluding hydrogens is 231 g/mol. The minimum atomic E-state index is -0.284. The quantitative estimate of drug-likeness (QED) is 0.712. The van der Waals surface area contributed by atoms with E-state index in [0.29, 0.717) is 5.82 Å². The number of aryl methyl sites for hydroxylation is 1. The summed E-state index contributed by atoms with van der Waals surface area (Å²) in [4.78, 5) is 4.45. The predicted molar refractivity (Wildman–Crippen MR) is 67.8 cm³/mol. The number of phenols is 1. The molecule has 0 aliphatic carbocycles. The molecule has 0 atom stereocenters. The van der Waals surface area contributed by atoms with Crippen LogP contribution in [0, 0.1) is 5.82 Å².